The van der Waals surface area contributed by atoms with E-state index in [9.17, 15) is 5.26 Å². The SMILES string of the molecule is N#Cc1nc(C2CC2)oc1N1CCN(Cc2nnc(C3CC3)o2)CC1. The van der Waals surface area contributed by atoms with Gasteiger partial charge >= 0.3 is 0 Å². The Morgan fingerprint density at radius 1 is 0.960 bits per heavy atom. The molecule has 0 unspecified atom stereocenters. The number of hydrogen-bond acceptors (Lipinski definition) is 8. The van der Waals surface area contributed by atoms with Crippen molar-refractivity contribution < 1.29 is 8.83 Å². The van der Waals surface area contributed by atoms with Crippen LogP contribution in [0.2, 0.25) is 0 Å². The van der Waals surface area contributed by atoms with E-state index >= 15 is 0 Å². The van der Waals surface area contributed by atoms with Gasteiger partial charge in [0.1, 0.15) is 6.07 Å². The van der Waals surface area contributed by atoms with Crippen LogP contribution in [-0.4, -0.2) is 46.3 Å². The van der Waals surface area contributed by atoms with Gasteiger partial charge in [-0.2, -0.15) is 5.26 Å². The van der Waals surface area contributed by atoms with Crippen molar-refractivity contribution >= 4 is 5.88 Å². The Hall–Kier alpha value is -2.40. The summed E-state index contributed by atoms with van der Waals surface area (Å²) < 4.78 is 11.6. The minimum atomic E-state index is 0.417. The molecule has 2 aromatic rings. The van der Waals surface area contributed by atoms with Crippen LogP contribution < -0.4 is 4.90 Å². The maximum Gasteiger partial charge on any atom is 0.234 e. The first-order valence-electron chi connectivity index (χ1n) is 9.00. The fourth-order valence-corrected chi connectivity index (χ4v) is 3.25. The first-order chi connectivity index (χ1) is 12.3. The van der Waals surface area contributed by atoms with Crippen LogP contribution in [0.25, 0.3) is 0 Å². The number of oxazole rings is 1. The zero-order valence-electron chi connectivity index (χ0n) is 14.0. The van der Waals surface area contributed by atoms with Crippen LogP contribution in [0.5, 0.6) is 0 Å². The van der Waals surface area contributed by atoms with Gasteiger partial charge in [-0.3, -0.25) is 4.90 Å². The molecule has 0 aromatic carbocycles. The van der Waals surface area contributed by atoms with Crippen LogP contribution >= 0.6 is 0 Å². The molecule has 2 aromatic heterocycles. The zero-order valence-corrected chi connectivity index (χ0v) is 14.0. The molecule has 0 amide bonds. The minimum absolute atomic E-state index is 0.417. The first-order valence-corrected chi connectivity index (χ1v) is 9.00. The van der Waals surface area contributed by atoms with Gasteiger partial charge in [0.25, 0.3) is 0 Å². The molecule has 0 spiro atoms. The maximum atomic E-state index is 9.33. The molecule has 0 bridgehead atoms. The molecule has 1 saturated heterocycles. The standard InChI is InChI=1S/C17H20N6O2/c18-9-13-17(25-15(19-13)11-1-2-11)23-7-5-22(6-8-23)10-14-20-21-16(24-14)12-3-4-12/h11-12H,1-8,10H2. The highest BCUT2D eigenvalue weighted by Crippen LogP contribution is 2.41. The Bertz CT molecular complexity index is 805. The number of nitriles is 1. The van der Waals surface area contributed by atoms with Crippen LogP contribution in [0, 0.1) is 11.3 Å². The van der Waals surface area contributed by atoms with E-state index in [0.29, 0.717) is 35.8 Å². The molecule has 3 aliphatic rings. The van der Waals surface area contributed by atoms with Crippen molar-refractivity contribution in [2.75, 3.05) is 31.1 Å². The molecule has 2 saturated carbocycles. The van der Waals surface area contributed by atoms with Gasteiger partial charge in [0.2, 0.25) is 29.3 Å². The zero-order chi connectivity index (χ0) is 16.8. The highest BCUT2D eigenvalue weighted by atomic mass is 16.4. The Kier molecular flexibility index (Phi) is 3.48. The number of piperazine rings is 1. The summed E-state index contributed by atoms with van der Waals surface area (Å²) in [6, 6.07) is 2.17. The van der Waals surface area contributed by atoms with Crippen LogP contribution in [-0.2, 0) is 6.54 Å². The van der Waals surface area contributed by atoms with Gasteiger partial charge in [-0.1, -0.05) is 0 Å². The monoisotopic (exact) mass is 340 g/mol. The lowest BCUT2D eigenvalue weighted by atomic mass is 10.3. The Morgan fingerprint density at radius 2 is 1.68 bits per heavy atom. The number of rotatable bonds is 5. The van der Waals surface area contributed by atoms with Crippen molar-refractivity contribution in [3.63, 3.8) is 0 Å². The summed E-state index contributed by atoms with van der Waals surface area (Å²) in [6.45, 7) is 4.02. The summed E-state index contributed by atoms with van der Waals surface area (Å²) in [5.41, 5.74) is 0.418. The second kappa shape index (κ2) is 5.85. The van der Waals surface area contributed by atoms with Crippen LogP contribution in [0.15, 0.2) is 8.83 Å². The van der Waals surface area contributed by atoms with Gasteiger partial charge in [0.05, 0.1) is 6.54 Å². The van der Waals surface area contributed by atoms with Crippen molar-refractivity contribution in [2.45, 2.75) is 44.1 Å². The molecule has 3 heterocycles. The molecule has 0 atom stereocenters. The molecule has 1 aliphatic heterocycles. The van der Waals surface area contributed by atoms with Gasteiger partial charge in [-0.05, 0) is 25.7 Å². The molecule has 8 nitrogen and oxygen atoms in total. The van der Waals surface area contributed by atoms with Crippen molar-refractivity contribution in [2.24, 2.45) is 0 Å². The molecular formula is C17H20N6O2. The topological polar surface area (TPSA) is 95.2 Å². The van der Waals surface area contributed by atoms with Crippen LogP contribution in [0.4, 0.5) is 5.88 Å². The van der Waals surface area contributed by atoms with Crippen molar-refractivity contribution in [1.82, 2.24) is 20.1 Å². The number of anilines is 1. The fraction of sp³-hybridized carbons (Fsp3) is 0.647. The quantitative estimate of drug-likeness (QED) is 0.815. The van der Waals surface area contributed by atoms with Crippen LogP contribution in [0.1, 0.15) is 60.9 Å². The van der Waals surface area contributed by atoms with E-state index in [4.69, 9.17) is 8.83 Å². The third-order valence-corrected chi connectivity index (χ3v) is 5.09. The predicted molar refractivity (Wildman–Crippen MR) is 87.0 cm³/mol. The molecule has 2 aliphatic carbocycles. The second-order valence-corrected chi connectivity index (χ2v) is 7.16. The Labute approximate surface area is 145 Å². The van der Waals surface area contributed by atoms with Gasteiger partial charge < -0.3 is 13.7 Å². The summed E-state index contributed by atoms with van der Waals surface area (Å²) in [5, 5.41) is 17.6. The summed E-state index contributed by atoms with van der Waals surface area (Å²) in [7, 11) is 0. The van der Waals surface area contributed by atoms with E-state index in [1.165, 1.54) is 12.8 Å². The predicted octanol–water partition coefficient (Wildman–Crippen LogP) is 2.01. The Balaban J connectivity index is 1.21. The van der Waals surface area contributed by atoms with Gasteiger partial charge in [-0.15, -0.1) is 10.2 Å². The number of nitrogens with zero attached hydrogens (tertiary/aromatic N) is 6. The number of hydrogen-bond donors (Lipinski definition) is 0. The highest BCUT2D eigenvalue weighted by Gasteiger charge is 2.33. The molecule has 0 radical (unpaired) electrons. The maximum absolute atomic E-state index is 9.33. The van der Waals surface area contributed by atoms with Crippen molar-refractivity contribution in [1.29, 1.82) is 5.26 Å². The molecule has 0 N–H and O–H groups in total. The van der Waals surface area contributed by atoms with Gasteiger partial charge in [0, 0.05) is 38.0 Å². The Morgan fingerprint density at radius 3 is 2.36 bits per heavy atom. The van der Waals surface area contributed by atoms with E-state index < -0.39 is 0 Å². The lowest BCUT2D eigenvalue weighted by molar-refractivity contribution is 0.221. The highest BCUT2D eigenvalue weighted by molar-refractivity contribution is 5.48. The summed E-state index contributed by atoms with van der Waals surface area (Å²) in [6.07, 6.45) is 4.57. The largest absolute Gasteiger partial charge is 0.424 e. The van der Waals surface area contributed by atoms with Crippen molar-refractivity contribution in [3.05, 3.63) is 23.4 Å². The summed E-state index contributed by atoms with van der Waals surface area (Å²) in [5.74, 6) is 3.77. The average Bonchev–Trinajstić information content (AvgIpc) is 3.57. The molecule has 8 heteroatoms. The number of aromatic nitrogens is 3. The molecule has 130 valence electrons. The van der Waals surface area contributed by atoms with Gasteiger partial charge in [-0.25, -0.2) is 4.98 Å². The van der Waals surface area contributed by atoms with E-state index in [-0.39, 0.29) is 0 Å². The minimum Gasteiger partial charge on any atom is -0.424 e. The van der Waals surface area contributed by atoms with E-state index in [2.05, 4.69) is 31.1 Å². The molecule has 25 heavy (non-hydrogen) atoms. The van der Waals surface area contributed by atoms with Crippen molar-refractivity contribution in [3.8, 4) is 6.07 Å². The lowest BCUT2D eigenvalue weighted by Gasteiger charge is -2.33. The van der Waals surface area contributed by atoms with E-state index in [0.717, 1.165) is 50.8 Å². The third-order valence-electron chi connectivity index (χ3n) is 5.09. The first kappa shape index (κ1) is 14.9. The lowest BCUT2D eigenvalue weighted by Crippen LogP contribution is -2.46. The fourth-order valence-electron chi connectivity index (χ4n) is 3.25. The van der Waals surface area contributed by atoms with E-state index in [1.807, 2.05) is 0 Å². The second-order valence-electron chi connectivity index (χ2n) is 7.16. The normalized spacial score (nSPS) is 21.5. The third kappa shape index (κ3) is 3.00. The molecule has 3 fully saturated rings. The van der Waals surface area contributed by atoms with E-state index in [1.54, 1.807) is 0 Å². The smallest absolute Gasteiger partial charge is 0.234 e. The summed E-state index contributed by atoms with van der Waals surface area (Å²) in [4.78, 5) is 8.78. The van der Waals surface area contributed by atoms with Gasteiger partial charge in [0.15, 0.2) is 0 Å². The molecular weight excluding hydrogens is 320 g/mol. The van der Waals surface area contributed by atoms with Crippen LogP contribution in [0.3, 0.4) is 0 Å². The average molecular weight is 340 g/mol. The molecule has 5 rings (SSSR count). The summed E-state index contributed by atoms with van der Waals surface area (Å²) >= 11 is 0.